The largest absolute Gasteiger partial charge is 0.493 e. The van der Waals surface area contributed by atoms with Crippen LogP contribution in [0.1, 0.15) is 28.8 Å². The number of nitrogens with zero attached hydrogens (tertiary/aromatic N) is 1. The summed E-state index contributed by atoms with van der Waals surface area (Å²) in [6, 6.07) is 5.78. The van der Waals surface area contributed by atoms with E-state index in [4.69, 9.17) is 10.5 Å². The van der Waals surface area contributed by atoms with Crippen LogP contribution in [0.4, 0.5) is 0 Å². The molecule has 4 heteroatoms. The maximum absolute atomic E-state index is 12.5. The molecule has 1 aromatic carbocycles. The number of hydrogen-bond donors (Lipinski definition) is 1. The second kappa shape index (κ2) is 5.21. The van der Waals surface area contributed by atoms with Gasteiger partial charge in [-0.15, -0.1) is 0 Å². The number of nitrogens with two attached hydrogens (primary N) is 1. The summed E-state index contributed by atoms with van der Waals surface area (Å²) in [6.45, 7) is 3.15. The van der Waals surface area contributed by atoms with E-state index in [1.807, 2.05) is 23.1 Å². The van der Waals surface area contributed by atoms with Gasteiger partial charge in [0, 0.05) is 25.1 Å². The molecular formula is C15H20N2O2. The fourth-order valence-corrected chi connectivity index (χ4v) is 2.99. The summed E-state index contributed by atoms with van der Waals surface area (Å²) >= 11 is 0. The van der Waals surface area contributed by atoms with E-state index in [9.17, 15) is 4.79 Å². The lowest BCUT2D eigenvalue weighted by Crippen LogP contribution is -2.29. The van der Waals surface area contributed by atoms with Crippen LogP contribution < -0.4 is 10.5 Å². The first kappa shape index (κ1) is 12.5. The SMILES string of the molecule is NCCC1CCN(C(=O)c2ccc3c(c2)CCO3)C1. The molecule has 2 aliphatic rings. The second-order valence-electron chi connectivity index (χ2n) is 5.40. The van der Waals surface area contributed by atoms with Crippen LogP contribution >= 0.6 is 0 Å². The third-order valence-corrected chi connectivity index (χ3v) is 4.08. The fourth-order valence-electron chi connectivity index (χ4n) is 2.99. The molecule has 0 aliphatic carbocycles. The number of hydrogen-bond acceptors (Lipinski definition) is 3. The highest BCUT2D eigenvalue weighted by molar-refractivity contribution is 5.94. The maximum atomic E-state index is 12.5. The molecular weight excluding hydrogens is 240 g/mol. The molecule has 0 radical (unpaired) electrons. The monoisotopic (exact) mass is 260 g/mol. The van der Waals surface area contributed by atoms with Gasteiger partial charge in [-0.1, -0.05) is 0 Å². The minimum atomic E-state index is 0.147. The van der Waals surface area contributed by atoms with Crippen molar-refractivity contribution in [2.45, 2.75) is 19.3 Å². The number of ether oxygens (including phenoxy) is 1. The van der Waals surface area contributed by atoms with Gasteiger partial charge in [0.25, 0.3) is 5.91 Å². The van der Waals surface area contributed by atoms with Gasteiger partial charge in [0.05, 0.1) is 6.61 Å². The summed E-state index contributed by atoms with van der Waals surface area (Å²) in [5.74, 6) is 1.65. The number of likely N-dealkylation sites (tertiary alicyclic amines) is 1. The third kappa shape index (κ3) is 2.45. The van der Waals surface area contributed by atoms with Crippen molar-refractivity contribution < 1.29 is 9.53 Å². The van der Waals surface area contributed by atoms with Gasteiger partial charge in [-0.05, 0) is 49.1 Å². The van der Waals surface area contributed by atoms with Gasteiger partial charge in [0.15, 0.2) is 0 Å². The Morgan fingerprint density at radius 2 is 2.37 bits per heavy atom. The van der Waals surface area contributed by atoms with Gasteiger partial charge in [-0.2, -0.15) is 0 Å². The zero-order valence-electron chi connectivity index (χ0n) is 11.1. The zero-order chi connectivity index (χ0) is 13.2. The Labute approximate surface area is 113 Å². The van der Waals surface area contributed by atoms with Crippen LogP contribution in [-0.2, 0) is 6.42 Å². The molecule has 2 aliphatic heterocycles. The maximum Gasteiger partial charge on any atom is 0.253 e. The molecule has 1 fully saturated rings. The first-order valence-electron chi connectivity index (χ1n) is 7.03. The minimum Gasteiger partial charge on any atom is -0.493 e. The molecule has 1 amide bonds. The molecule has 2 heterocycles. The van der Waals surface area contributed by atoms with Gasteiger partial charge in [-0.25, -0.2) is 0 Å². The Morgan fingerprint density at radius 1 is 1.47 bits per heavy atom. The Morgan fingerprint density at radius 3 is 3.21 bits per heavy atom. The van der Waals surface area contributed by atoms with Crippen LogP contribution in [0.3, 0.4) is 0 Å². The van der Waals surface area contributed by atoms with Crippen LogP contribution in [0, 0.1) is 5.92 Å². The Bertz CT molecular complexity index is 487. The number of carbonyl (C=O) groups excluding carboxylic acids is 1. The lowest BCUT2D eigenvalue weighted by molar-refractivity contribution is 0.0786. The van der Waals surface area contributed by atoms with Crippen molar-refractivity contribution in [3.05, 3.63) is 29.3 Å². The predicted octanol–water partition coefficient (Wildman–Crippen LogP) is 1.43. The third-order valence-electron chi connectivity index (χ3n) is 4.08. The summed E-state index contributed by atoms with van der Waals surface area (Å²) in [5.41, 5.74) is 7.53. The molecule has 1 atom stereocenters. The lowest BCUT2D eigenvalue weighted by Gasteiger charge is -2.17. The molecule has 1 aromatic rings. The molecule has 19 heavy (non-hydrogen) atoms. The predicted molar refractivity (Wildman–Crippen MR) is 73.3 cm³/mol. The molecule has 0 bridgehead atoms. The van der Waals surface area contributed by atoms with Crippen molar-refractivity contribution in [3.8, 4) is 5.75 Å². The average Bonchev–Trinajstić information content (AvgIpc) is 3.05. The molecule has 0 aromatic heterocycles. The van der Waals surface area contributed by atoms with E-state index in [-0.39, 0.29) is 5.91 Å². The van der Waals surface area contributed by atoms with Gasteiger partial charge in [0.1, 0.15) is 5.75 Å². The molecule has 4 nitrogen and oxygen atoms in total. The smallest absolute Gasteiger partial charge is 0.253 e. The quantitative estimate of drug-likeness (QED) is 0.894. The fraction of sp³-hybridized carbons (Fsp3) is 0.533. The van der Waals surface area contributed by atoms with Crippen molar-refractivity contribution in [2.24, 2.45) is 11.7 Å². The van der Waals surface area contributed by atoms with E-state index in [1.54, 1.807) is 0 Å². The van der Waals surface area contributed by atoms with Crippen molar-refractivity contribution in [2.75, 3.05) is 26.2 Å². The normalized spacial score (nSPS) is 21.3. The zero-order valence-corrected chi connectivity index (χ0v) is 11.1. The summed E-state index contributed by atoms with van der Waals surface area (Å²) in [6.07, 6.45) is 3.01. The van der Waals surface area contributed by atoms with E-state index in [1.165, 1.54) is 0 Å². The van der Waals surface area contributed by atoms with Crippen LogP contribution in [0.2, 0.25) is 0 Å². The van der Waals surface area contributed by atoms with E-state index >= 15 is 0 Å². The Kier molecular flexibility index (Phi) is 3.42. The number of fused-ring (bicyclic) bond motifs is 1. The van der Waals surface area contributed by atoms with Gasteiger partial charge >= 0.3 is 0 Å². The van der Waals surface area contributed by atoms with E-state index in [0.29, 0.717) is 12.5 Å². The summed E-state index contributed by atoms with van der Waals surface area (Å²) < 4.78 is 5.47. The number of amides is 1. The van der Waals surface area contributed by atoms with Crippen molar-refractivity contribution in [1.82, 2.24) is 4.90 Å². The van der Waals surface area contributed by atoms with Gasteiger partial charge < -0.3 is 15.4 Å². The number of rotatable bonds is 3. The highest BCUT2D eigenvalue weighted by Crippen LogP contribution is 2.27. The summed E-state index contributed by atoms with van der Waals surface area (Å²) in [4.78, 5) is 14.4. The molecule has 1 saturated heterocycles. The van der Waals surface area contributed by atoms with Crippen molar-refractivity contribution in [3.63, 3.8) is 0 Å². The number of benzene rings is 1. The molecule has 1 unspecified atom stereocenters. The topological polar surface area (TPSA) is 55.6 Å². The first-order valence-corrected chi connectivity index (χ1v) is 7.03. The highest BCUT2D eigenvalue weighted by atomic mass is 16.5. The minimum absolute atomic E-state index is 0.147. The molecule has 3 rings (SSSR count). The first-order chi connectivity index (χ1) is 9.28. The van der Waals surface area contributed by atoms with Crippen LogP contribution in [0.5, 0.6) is 5.75 Å². The molecule has 102 valence electrons. The Balaban J connectivity index is 1.71. The standard InChI is InChI=1S/C15H20N2O2/c16-6-3-11-4-7-17(10-11)15(18)13-1-2-14-12(9-13)5-8-19-14/h1-2,9,11H,3-8,10,16H2. The average molecular weight is 260 g/mol. The Hall–Kier alpha value is -1.55. The van der Waals surface area contributed by atoms with Gasteiger partial charge in [-0.3, -0.25) is 4.79 Å². The van der Waals surface area contributed by atoms with E-state index in [0.717, 1.165) is 55.8 Å². The van der Waals surface area contributed by atoms with Gasteiger partial charge in [0.2, 0.25) is 0 Å². The van der Waals surface area contributed by atoms with Crippen molar-refractivity contribution in [1.29, 1.82) is 0 Å². The summed E-state index contributed by atoms with van der Waals surface area (Å²) in [5, 5.41) is 0. The number of carbonyl (C=O) groups is 1. The molecule has 0 saturated carbocycles. The summed E-state index contributed by atoms with van der Waals surface area (Å²) in [7, 11) is 0. The van der Waals surface area contributed by atoms with E-state index < -0.39 is 0 Å². The van der Waals surface area contributed by atoms with Crippen LogP contribution in [0.15, 0.2) is 18.2 Å². The highest BCUT2D eigenvalue weighted by Gasteiger charge is 2.27. The molecule has 0 spiro atoms. The van der Waals surface area contributed by atoms with Crippen LogP contribution in [0.25, 0.3) is 0 Å². The molecule has 2 N–H and O–H groups in total. The van der Waals surface area contributed by atoms with Crippen LogP contribution in [-0.4, -0.2) is 37.0 Å². The van der Waals surface area contributed by atoms with Crippen molar-refractivity contribution >= 4 is 5.91 Å². The lowest BCUT2D eigenvalue weighted by atomic mass is 10.1. The van der Waals surface area contributed by atoms with E-state index in [2.05, 4.69) is 0 Å². The second-order valence-corrected chi connectivity index (χ2v) is 5.40.